The van der Waals surface area contributed by atoms with Crippen LogP contribution in [0, 0.1) is 0 Å². The first-order chi connectivity index (χ1) is 9.24. The van der Waals surface area contributed by atoms with E-state index in [2.05, 4.69) is 0 Å². The minimum atomic E-state index is -0.311. The number of ether oxygens (including phenoxy) is 1. The van der Waals surface area contributed by atoms with E-state index in [1.807, 2.05) is 6.07 Å². The second-order valence-electron chi connectivity index (χ2n) is 4.38. The number of allylic oxidation sites excluding steroid dienone is 1. The lowest BCUT2D eigenvalue weighted by Gasteiger charge is -2.16. The van der Waals surface area contributed by atoms with E-state index in [9.17, 15) is 9.59 Å². The third kappa shape index (κ3) is 4.58. The van der Waals surface area contributed by atoms with Gasteiger partial charge in [0.05, 0.1) is 6.26 Å². The summed E-state index contributed by atoms with van der Waals surface area (Å²) in [5, 5.41) is 0. The molecular weight excluding hydrogens is 244 g/mol. The Morgan fingerprint density at radius 2 is 2.37 bits per heavy atom. The first kappa shape index (κ1) is 13.3. The lowest BCUT2D eigenvalue weighted by molar-refractivity contribution is -0.143. The average molecular weight is 260 g/mol. The van der Waals surface area contributed by atoms with Crippen LogP contribution in [0.4, 0.5) is 0 Å². The molecule has 0 radical (unpaired) electrons. The number of hydrogen-bond acceptors (Lipinski definition) is 4. The van der Waals surface area contributed by atoms with Gasteiger partial charge in [-0.3, -0.25) is 4.79 Å². The van der Waals surface area contributed by atoms with Crippen LogP contribution in [0.25, 0.3) is 0 Å². The van der Waals surface area contributed by atoms with E-state index in [4.69, 9.17) is 9.15 Å². The maximum Gasteiger partial charge on any atom is 0.330 e. The average Bonchev–Trinajstić information content (AvgIpc) is 2.89. The van der Waals surface area contributed by atoms with Gasteiger partial charge in [-0.2, -0.15) is 0 Å². The molecule has 0 spiro atoms. The quantitative estimate of drug-likeness (QED) is 0.582. The summed E-state index contributed by atoms with van der Waals surface area (Å²) in [6.45, 7) is 0. The third-order valence-electron chi connectivity index (χ3n) is 2.84. The standard InChI is InChI=1S/C15H16O4/c16-12(9-10-13-7-3-11-18-13)4-1-5-14-6-2-8-15(17)19-14/h1-4,7-8,11,14H,5-6,9-10H2/b4-1+/t14-/m1/s1. The van der Waals surface area contributed by atoms with Crippen molar-refractivity contribution in [3.05, 3.63) is 48.5 Å². The number of furan rings is 1. The van der Waals surface area contributed by atoms with Gasteiger partial charge in [-0.1, -0.05) is 12.2 Å². The third-order valence-corrected chi connectivity index (χ3v) is 2.84. The smallest absolute Gasteiger partial charge is 0.330 e. The molecule has 0 aromatic carbocycles. The zero-order chi connectivity index (χ0) is 13.5. The van der Waals surface area contributed by atoms with Crippen LogP contribution >= 0.6 is 0 Å². The lowest BCUT2D eigenvalue weighted by Crippen LogP contribution is -2.19. The van der Waals surface area contributed by atoms with Gasteiger partial charge in [-0.15, -0.1) is 0 Å². The topological polar surface area (TPSA) is 56.5 Å². The highest BCUT2D eigenvalue weighted by Gasteiger charge is 2.14. The minimum absolute atomic E-state index is 0.0501. The normalized spacial score (nSPS) is 18.7. The number of rotatable bonds is 6. The van der Waals surface area contributed by atoms with Crippen molar-refractivity contribution >= 4 is 11.8 Å². The predicted octanol–water partition coefficient (Wildman–Crippen LogP) is 2.60. The van der Waals surface area contributed by atoms with E-state index in [0.717, 1.165) is 5.76 Å². The molecule has 19 heavy (non-hydrogen) atoms. The van der Waals surface area contributed by atoms with E-state index < -0.39 is 0 Å². The van der Waals surface area contributed by atoms with Crippen LogP contribution in [0.15, 0.2) is 47.1 Å². The maximum absolute atomic E-state index is 11.6. The van der Waals surface area contributed by atoms with Gasteiger partial charge in [-0.05, 0) is 18.2 Å². The molecule has 1 atom stereocenters. The maximum atomic E-state index is 11.6. The zero-order valence-electron chi connectivity index (χ0n) is 10.6. The Bertz CT molecular complexity index is 482. The molecule has 0 amide bonds. The Labute approximate surface area is 111 Å². The largest absolute Gasteiger partial charge is 0.469 e. The van der Waals surface area contributed by atoms with E-state index in [0.29, 0.717) is 25.7 Å². The Hall–Kier alpha value is -2.10. The molecular formula is C15H16O4. The predicted molar refractivity (Wildman–Crippen MR) is 69.4 cm³/mol. The Morgan fingerprint density at radius 3 is 3.11 bits per heavy atom. The highest BCUT2D eigenvalue weighted by molar-refractivity contribution is 5.89. The second-order valence-corrected chi connectivity index (χ2v) is 4.38. The zero-order valence-corrected chi connectivity index (χ0v) is 10.6. The highest BCUT2D eigenvalue weighted by atomic mass is 16.5. The van der Waals surface area contributed by atoms with Crippen molar-refractivity contribution in [1.82, 2.24) is 0 Å². The molecule has 100 valence electrons. The monoisotopic (exact) mass is 260 g/mol. The molecule has 1 aromatic rings. The van der Waals surface area contributed by atoms with Gasteiger partial charge >= 0.3 is 5.97 Å². The van der Waals surface area contributed by atoms with Crippen LogP contribution in [0.1, 0.15) is 25.0 Å². The number of carbonyl (C=O) groups is 2. The Kier molecular flexibility index (Phi) is 4.72. The van der Waals surface area contributed by atoms with Gasteiger partial charge in [0.2, 0.25) is 0 Å². The highest BCUT2D eigenvalue weighted by Crippen LogP contribution is 2.12. The van der Waals surface area contributed by atoms with Gasteiger partial charge in [-0.25, -0.2) is 4.79 Å². The molecule has 1 aliphatic heterocycles. The number of ketones is 1. The van der Waals surface area contributed by atoms with Crippen LogP contribution in [0.5, 0.6) is 0 Å². The molecule has 0 saturated carbocycles. The van der Waals surface area contributed by atoms with Crippen LogP contribution in [-0.4, -0.2) is 17.9 Å². The Morgan fingerprint density at radius 1 is 1.47 bits per heavy atom. The van der Waals surface area contributed by atoms with Crippen molar-refractivity contribution in [2.24, 2.45) is 0 Å². The summed E-state index contributed by atoms with van der Waals surface area (Å²) in [5.74, 6) is 0.552. The summed E-state index contributed by atoms with van der Waals surface area (Å²) >= 11 is 0. The van der Waals surface area contributed by atoms with Gasteiger partial charge in [0.1, 0.15) is 11.9 Å². The Balaban J connectivity index is 1.68. The molecule has 2 heterocycles. The summed E-state index contributed by atoms with van der Waals surface area (Å²) in [7, 11) is 0. The molecule has 2 rings (SSSR count). The summed E-state index contributed by atoms with van der Waals surface area (Å²) in [6.07, 6.45) is 10.3. The fraction of sp³-hybridized carbons (Fsp3) is 0.333. The SMILES string of the molecule is O=C(/C=C/C[C@@H]1CC=CC(=O)O1)CCc1ccco1. The molecule has 1 aromatic heterocycles. The van der Waals surface area contributed by atoms with Gasteiger partial charge in [0.15, 0.2) is 5.78 Å². The molecule has 4 nitrogen and oxygen atoms in total. The van der Waals surface area contributed by atoms with Crippen molar-refractivity contribution in [3.8, 4) is 0 Å². The molecule has 0 aliphatic carbocycles. The van der Waals surface area contributed by atoms with Gasteiger partial charge in [0.25, 0.3) is 0 Å². The van der Waals surface area contributed by atoms with Crippen molar-refractivity contribution in [2.75, 3.05) is 0 Å². The van der Waals surface area contributed by atoms with Crippen LogP contribution in [-0.2, 0) is 20.7 Å². The van der Waals surface area contributed by atoms with E-state index in [-0.39, 0.29) is 17.9 Å². The van der Waals surface area contributed by atoms with Crippen molar-refractivity contribution in [1.29, 1.82) is 0 Å². The summed E-state index contributed by atoms with van der Waals surface area (Å²) in [5.41, 5.74) is 0. The molecule has 0 N–H and O–H groups in total. The molecule has 4 heteroatoms. The van der Waals surface area contributed by atoms with Gasteiger partial charge < -0.3 is 9.15 Å². The number of aryl methyl sites for hydroxylation is 1. The van der Waals surface area contributed by atoms with E-state index in [1.54, 1.807) is 30.6 Å². The fourth-order valence-corrected chi connectivity index (χ4v) is 1.85. The van der Waals surface area contributed by atoms with Crippen molar-refractivity contribution < 1.29 is 18.7 Å². The number of cyclic esters (lactones) is 1. The summed E-state index contributed by atoms with van der Waals surface area (Å²) < 4.78 is 10.2. The molecule has 0 unspecified atom stereocenters. The fourth-order valence-electron chi connectivity index (χ4n) is 1.85. The molecule has 1 aliphatic rings. The molecule has 0 saturated heterocycles. The molecule has 0 fully saturated rings. The van der Waals surface area contributed by atoms with E-state index >= 15 is 0 Å². The van der Waals surface area contributed by atoms with Gasteiger partial charge in [0, 0.05) is 31.8 Å². The first-order valence-corrected chi connectivity index (χ1v) is 6.33. The van der Waals surface area contributed by atoms with E-state index in [1.165, 1.54) is 6.08 Å². The first-order valence-electron chi connectivity index (χ1n) is 6.33. The second kappa shape index (κ2) is 6.73. The van der Waals surface area contributed by atoms with Crippen molar-refractivity contribution in [3.63, 3.8) is 0 Å². The summed E-state index contributed by atoms with van der Waals surface area (Å²) in [6, 6.07) is 3.66. The summed E-state index contributed by atoms with van der Waals surface area (Å²) in [4.78, 5) is 22.6. The van der Waals surface area contributed by atoms with Crippen LogP contribution in [0.2, 0.25) is 0 Å². The number of hydrogen-bond donors (Lipinski definition) is 0. The van der Waals surface area contributed by atoms with Crippen LogP contribution < -0.4 is 0 Å². The number of carbonyl (C=O) groups excluding carboxylic acids is 2. The minimum Gasteiger partial charge on any atom is -0.469 e. The number of esters is 1. The van der Waals surface area contributed by atoms with Crippen LogP contribution in [0.3, 0.4) is 0 Å². The lowest BCUT2D eigenvalue weighted by atomic mass is 10.1. The van der Waals surface area contributed by atoms with Crippen molar-refractivity contribution in [2.45, 2.75) is 31.8 Å². The molecule has 0 bridgehead atoms.